The Kier molecular flexibility index (Phi) is 3.36. The van der Waals surface area contributed by atoms with E-state index in [9.17, 15) is 19.8 Å². The van der Waals surface area contributed by atoms with E-state index in [1.54, 1.807) is 6.08 Å². The summed E-state index contributed by atoms with van der Waals surface area (Å²) in [5, 5.41) is 18.8. The largest absolute Gasteiger partial charge is 0.481 e. The van der Waals surface area contributed by atoms with Crippen LogP contribution in [0.25, 0.3) is 0 Å². The molecule has 0 saturated heterocycles. The van der Waals surface area contributed by atoms with Crippen molar-refractivity contribution in [2.45, 2.75) is 25.2 Å². The Morgan fingerprint density at radius 3 is 2.53 bits per heavy atom. The average Bonchev–Trinajstić information content (AvgIpc) is 2.75. The lowest BCUT2D eigenvalue weighted by molar-refractivity contribution is -0.151. The van der Waals surface area contributed by atoms with Crippen molar-refractivity contribution in [2.75, 3.05) is 0 Å². The number of allylic oxidation sites excluding steroid dienone is 1. The second-order valence-electron chi connectivity index (χ2n) is 4.80. The molecule has 1 aliphatic carbocycles. The summed E-state index contributed by atoms with van der Waals surface area (Å²) in [6.45, 7) is 1.48. The van der Waals surface area contributed by atoms with Gasteiger partial charge in [0.25, 0.3) is 0 Å². The quantitative estimate of drug-likeness (QED) is 0.828. The summed E-state index contributed by atoms with van der Waals surface area (Å²) >= 11 is 6.70. The predicted octanol–water partition coefficient (Wildman–Crippen LogP) is 1.95. The van der Waals surface area contributed by atoms with E-state index in [1.165, 1.54) is 13.0 Å². The molecule has 6 nitrogen and oxygen atoms in total. The molecule has 0 saturated carbocycles. The zero-order chi connectivity index (χ0) is 14.3. The van der Waals surface area contributed by atoms with E-state index in [0.29, 0.717) is 0 Å². The van der Waals surface area contributed by atoms with E-state index in [-0.39, 0.29) is 23.7 Å². The van der Waals surface area contributed by atoms with E-state index in [2.05, 4.69) is 8.75 Å². The maximum Gasteiger partial charge on any atom is 0.316 e. The van der Waals surface area contributed by atoms with Gasteiger partial charge in [-0.3, -0.25) is 9.59 Å². The first-order valence-electron chi connectivity index (χ1n) is 5.45. The topological polar surface area (TPSA) is 100 Å². The predicted molar refractivity (Wildman–Crippen MR) is 68.3 cm³/mol. The molecule has 0 aliphatic heterocycles. The monoisotopic (exact) mass is 302 g/mol. The van der Waals surface area contributed by atoms with Gasteiger partial charge in [-0.1, -0.05) is 23.8 Å². The first kappa shape index (κ1) is 14.0. The number of carboxylic acids is 2. The second kappa shape index (κ2) is 4.57. The van der Waals surface area contributed by atoms with Crippen LogP contribution in [0.2, 0.25) is 5.15 Å². The van der Waals surface area contributed by atoms with Crippen molar-refractivity contribution in [3.05, 3.63) is 23.0 Å². The molecule has 0 bridgehead atoms. The fraction of sp³-hybridized carbons (Fsp3) is 0.455. The number of aromatic nitrogens is 2. The Balaban J connectivity index is 2.55. The van der Waals surface area contributed by atoms with Crippen LogP contribution in [0.4, 0.5) is 0 Å². The van der Waals surface area contributed by atoms with Gasteiger partial charge in [0, 0.05) is 0 Å². The molecular weight excluding hydrogens is 292 g/mol. The van der Waals surface area contributed by atoms with Crippen molar-refractivity contribution in [1.82, 2.24) is 8.75 Å². The van der Waals surface area contributed by atoms with Gasteiger partial charge in [0.15, 0.2) is 5.15 Å². The van der Waals surface area contributed by atoms with Gasteiger partial charge in [-0.2, -0.15) is 8.75 Å². The lowest BCUT2D eigenvalue weighted by atomic mass is 9.65. The maximum absolute atomic E-state index is 11.7. The summed E-state index contributed by atoms with van der Waals surface area (Å²) in [7, 11) is 0. The van der Waals surface area contributed by atoms with Crippen LogP contribution in [0, 0.1) is 5.41 Å². The minimum Gasteiger partial charge on any atom is -0.481 e. The Labute approximate surface area is 118 Å². The van der Waals surface area contributed by atoms with Crippen molar-refractivity contribution < 1.29 is 19.8 Å². The molecule has 0 aromatic carbocycles. The number of carbonyl (C=O) groups is 2. The summed E-state index contributed by atoms with van der Waals surface area (Å²) in [5.41, 5.74) is -2.56. The van der Waals surface area contributed by atoms with Crippen LogP contribution < -0.4 is 0 Å². The zero-order valence-electron chi connectivity index (χ0n) is 9.96. The number of carboxylic acid groups (broad SMARTS) is 2. The molecule has 1 aromatic heterocycles. The van der Waals surface area contributed by atoms with Crippen LogP contribution in [0.3, 0.4) is 0 Å². The van der Waals surface area contributed by atoms with Crippen LogP contribution in [0.5, 0.6) is 0 Å². The molecule has 2 N–H and O–H groups in total. The fourth-order valence-electron chi connectivity index (χ4n) is 2.33. The highest BCUT2D eigenvalue weighted by Gasteiger charge is 2.52. The van der Waals surface area contributed by atoms with Gasteiger partial charge in [-0.25, -0.2) is 0 Å². The van der Waals surface area contributed by atoms with Gasteiger partial charge >= 0.3 is 11.9 Å². The molecule has 0 amide bonds. The number of halogens is 1. The molecule has 1 aliphatic rings. The van der Waals surface area contributed by atoms with Gasteiger partial charge in [-0.05, 0) is 19.8 Å². The molecule has 0 fully saturated rings. The Morgan fingerprint density at radius 2 is 2.05 bits per heavy atom. The summed E-state index contributed by atoms with van der Waals surface area (Å²) in [6, 6.07) is 0. The van der Waals surface area contributed by atoms with Crippen LogP contribution in [-0.4, -0.2) is 30.9 Å². The van der Waals surface area contributed by atoms with Crippen LogP contribution >= 0.6 is 23.3 Å². The summed E-state index contributed by atoms with van der Waals surface area (Å²) in [4.78, 5) is 23.0. The molecule has 0 radical (unpaired) electrons. The second-order valence-corrected chi connectivity index (χ2v) is 5.68. The zero-order valence-corrected chi connectivity index (χ0v) is 11.5. The Hall–Kier alpha value is -1.47. The molecule has 8 heteroatoms. The van der Waals surface area contributed by atoms with E-state index in [1.807, 2.05) is 0 Å². The van der Waals surface area contributed by atoms with E-state index < -0.39 is 22.8 Å². The highest BCUT2D eigenvalue weighted by molar-refractivity contribution is 6.99. The Morgan fingerprint density at radius 1 is 1.37 bits per heavy atom. The molecule has 19 heavy (non-hydrogen) atoms. The number of nitrogens with zero attached hydrogens (tertiary/aromatic N) is 2. The highest BCUT2D eigenvalue weighted by Crippen LogP contribution is 2.46. The van der Waals surface area contributed by atoms with Gasteiger partial charge in [0.05, 0.1) is 17.1 Å². The third-order valence-corrected chi connectivity index (χ3v) is 4.31. The third kappa shape index (κ3) is 2.12. The third-order valence-electron chi connectivity index (χ3n) is 3.42. The standard InChI is InChI=1S/C11H11ClN2O4S/c1-10(8(15)16)3-2-4-11(5-10,9(17)18)6-7(12)14-19-13-6/h2-3H,4-5H2,1H3,(H,15,16)(H,17,18). The van der Waals surface area contributed by atoms with Gasteiger partial charge in [0.2, 0.25) is 0 Å². The molecule has 0 spiro atoms. The van der Waals surface area contributed by atoms with Crippen LogP contribution in [0.15, 0.2) is 12.2 Å². The molecule has 2 atom stereocenters. The van der Waals surface area contributed by atoms with Crippen LogP contribution in [-0.2, 0) is 15.0 Å². The maximum atomic E-state index is 11.7. The minimum atomic E-state index is -1.44. The lowest BCUT2D eigenvalue weighted by Crippen LogP contribution is -2.45. The van der Waals surface area contributed by atoms with Crippen molar-refractivity contribution >= 4 is 35.3 Å². The van der Waals surface area contributed by atoms with Gasteiger partial charge in [0.1, 0.15) is 11.1 Å². The van der Waals surface area contributed by atoms with E-state index in [0.717, 1.165) is 11.7 Å². The smallest absolute Gasteiger partial charge is 0.316 e. The number of hydrogen-bond acceptors (Lipinski definition) is 5. The Bertz CT molecular complexity index is 573. The minimum absolute atomic E-state index is 0.0236. The number of aliphatic carboxylic acids is 2. The van der Waals surface area contributed by atoms with E-state index >= 15 is 0 Å². The molecule has 102 valence electrons. The molecule has 2 unspecified atom stereocenters. The fourth-order valence-corrected chi connectivity index (χ4v) is 3.24. The van der Waals surface area contributed by atoms with Gasteiger partial charge < -0.3 is 10.2 Å². The summed E-state index contributed by atoms with van der Waals surface area (Å²) < 4.78 is 7.72. The first-order chi connectivity index (χ1) is 8.82. The van der Waals surface area contributed by atoms with Crippen LogP contribution in [0.1, 0.15) is 25.5 Å². The number of hydrogen-bond donors (Lipinski definition) is 2. The molecule has 2 rings (SSSR count). The van der Waals surface area contributed by atoms with Crippen molar-refractivity contribution in [3.8, 4) is 0 Å². The number of rotatable bonds is 3. The van der Waals surface area contributed by atoms with Crippen molar-refractivity contribution in [2.24, 2.45) is 5.41 Å². The lowest BCUT2D eigenvalue weighted by Gasteiger charge is -2.36. The summed E-state index contributed by atoms with van der Waals surface area (Å²) in [5.74, 6) is -2.22. The van der Waals surface area contributed by atoms with Crippen molar-refractivity contribution in [1.29, 1.82) is 0 Å². The highest BCUT2D eigenvalue weighted by atomic mass is 35.5. The molecule has 1 aromatic rings. The normalized spacial score (nSPS) is 30.2. The first-order valence-corrected chi connectivity index (χ1v) is 6.56. The SMILES string of the molecule is CC1(C(=O)O)C=CCC(C(=O)O)(c2nsnc2Cl)C1. The summed E-state index contributed by atoms with van der Waals surface area (Å²) in [6.07, 6.45) is 3.12. The average molecular weight is 303 g/mol. The molecular formula is C11H11ClN2O4S. The van der Waals surface area contributed by atoms with Gasteiger partial charge in [-0.15, -0.1) is 0 Å². The molecule has 1 heterocycles. The van der Waals surface area contributed by atoms with Crippen molar-refractivity contribution in [3.63, 3.8) is 0 Å². The van der Waals surface area contributed by atoms with E-state index in [4.69, 9.17) is 11.6 Å².